The Morgan fingerprint density at radius 2 is 2.05 bits per heavy atom. The van der Waals surface area contributed by atoms with Gasteiger partial charge in [-0.05, 0) is 37.1 Å². The van der Waals surface area contributed by atoms with Gasteiger partial charge in [-0.25, -0.2) is 0 Å². The van der Waals surface area contributed by atoms with Crippen molar-refractivity contribution in [2.45, 2.75) is 20.3 Å². The molecule has 2 N–H and O–H groups in total. The molecule has 0 bridgehead atoms. The van der Waals surface area contributed by atoms with E-state index in [0.29, 0.717) is 17.4 Å². The summed E-state index contributed by atoms with van der Waals surface area (Å²) in [7, 11) is 0. The van der Waals surface area contributed by atoms with Gasteiger partial charge >= 0.3 is 0 Å². The van der Waals surface area contributed by atoms with Gasteiger partial charge in [0.15, 0.2) is 0 Å². The summed E-state index contributed by atoms with van der Waals surface area (Å²) in [6, 6.07) is 7.64. The van der Waals surface area contributed by atoms with Crippen molar-refractivity contribution in [3.63, 3.8) is 0 Å². The second-order valence-electron chi connectivity index (χ2n) is 4.90. The smallest absolute Gasteiger partial charge is 0.260 e. The molecule has 21 heavy (non-hydrogen) atoms. The summed E-state index contributed by atoms with van der Waals surface area (Å²) in [5.74, 6) is 0.996. The maximum Gasteiger partial charge on any atom is 0.260 e. The van der Waals surface area contributed by atoms with E-state index in [1.54, 1.807) is 6.20 Å². The molecule has 0 amide bonds. The van der Waals surface area contributed by atoms with Crippen LogP contribution in [0.2, 0.25) is 0 Å². The lowest BCUT2D eigenvalue weighted by Gasteiger charge is -2.02. The maximum atomic E-state index is 5.99. The van der Waals surface area contributed by atoms with Crippen LogP contribution in [-0.2, 0) is 6.42 Å². The Hall–Kier alpha value is -2.69. The zero-order chi connectivity index (χ0) is 14.8. The van der Waals surface area contributed by atoms with E-state index in [0.717, 1.165) is 28.7 Å². The van der Waals surface area contributed by atoms with Crippen LogP contribution in [0, 0.1) is 6.92 Å². The number of aromatic nitrogens is 3. The third-order valence-corrected chi connectivity index (χ3v) is 3.39. The maximum absolute atomic E-state index is 5.99. The quantitative estimate of drug-likeness (QED) is 0.745. The predicted octanol–water partition coefficient (Wildman–Crippen LogP) is 3.25. The molecule has 5 heteroatoms. The van der Waals surface area contributed by atoms with Gasteiger partial charge in [-0.15, -0.1) is 0 Å². The van der Waals surface area contributed by atoms with Crippen molar-refractivity contribution < 1.29 is 4.52 Å². The molecule has 0 aliphatic heterocycles. The van der Waals surface area contributed by atoms with Crippen LogP contribution < -0.4 is 5.73 Å². The minimum atomic E-state index is 0.435. The molecule has 2 heterocycles. The van der Waals surface area contributed by atoms with E-state index >= 15 is 0 Å². The third-order valence-electron chi connectivity index (χ3n) is 3.39. The van der Waals surface area contributed by atoms with Gasteiger partial charge in [0.25, 0.3) is 5.89 Å². The van der Waals surface area contributed by atoms with E-state index in [1.165, 1.54) is 0 Å². The van der Waals surface area contributed by atoms with E-state index < -0.39 is 0 Å². The Labute approximate surface area is 122 Å². The summed E-state index contributed by atoms with van der Waals surface area (Å²) in [4.78, 5) is 8.60. The van der Waals surface area contributed by atoms with Crippen LogP contribution >= 0.6 is 0 Å². The van der Waals surface area contributed by atoms with Crippen LogP contribution in [0.1, 0.15) is 18.1 Å². The number of nitrogen functional groups attached to an aromatic ring is 1. The standard InChI is InChI=1S/C16H16N4O/c1-3-11-9-18-7-6-12(11)15-19-16(21-20-15)13-8-10(2)4-5-14(13)17/h4-9H,3,17H2,1-2H3. The van der Waals surface area contributed by atoms with Crippen molar-refractivity contribution in [3.05, 3.63) is 47.8 Å². The molecular weight excluding hydrogens is 264 g/mol. The van der Waals surface area contributed by atoms with Gasteiger partial charge in [-0.3, -0.25) is 4.98 Å². The molecule has 0 spiro atoms. The molecule has 0 aliphatic carbocycles. The van der Waals surface area contributed by atoms with Crippen LogP contribution in [0.25, 0.3) is 22.8 Å². The molecule has 0 saturated carbocycles. The molecule has 0 radical (unpaired) electrons. The highest BCUT2D eigenvalue weighted by molar-refractivity contribution is 5.72. The van der Waals surface area contributed by atoms with Crippen LogP contribution in [0.5, 0.6) is 0 Å². The molecule has 3 aromatic rings. The molecule has 106 valence electrons. The predicted molar refractivity (Wildman–Crippen MR) is 81.5 cm³/mol. The van der Waals surface area contributed by atoms with Crippen molar-refractivity contribution in [3.8, 4) is 22.8 Å². The van der Waals surface area contributed by atoms with E-state index in [9.17, 15) is 0 Å². The van der Waals surface area contributed by atoms with Crippen molar-refractivity contribution in [1.82, 2.24) is 15.1 Å². The fraction of sp³-hybridized carbons (Fsp3) is 0.188. The van der Waals surface area contributed by atoms with Crippen LogP contribution in [0.3, 0.4) is 0 Å². The summed E-state index contributed by atoms with van der Waals surface area (Å²) in [5.41, 5.74) is 10.5. The molecule has 0 atom stereocenters. The van der Waals surface area contributed by atoms with Crippen molar-refractivity contribution >= 4 is 5.69 Å². The normalized spacial score (nSPS) is 10.8. The number of benzene rings is 1. The van der Waals surface area contributed by atoms with Crippen LogP contribution in [-0.4, -0.2) is 15.1 Å². The Kier molecular flexibility index (Phi) is 3.39. The molecule has 3 rings (SSSR count). The van der Waals surface area contributed by atoms with Crippen LogP contribution in [0.15, 0.2) is 41.2 Å². The van der Waals surface area contributed by atoms with Gasteiger partial charge in [0, 0.05) is 23.6 Å². The van der Waals surface area contributed by atoms with Gasteiger partial charge in [-0.1, -0.05) is 23.7 Å². The highest BCUT2D eigenvalue weighted by Gasteiger charge is 2.15. The zero-order valence-electron chi connectivity index (χ0n) is 12.0. The largest absolute Gasteiger partial charge is 0.398 e. The molecule has 0 aliphatic rings. The topological polar surface area (TPSA) is 77.8 Å². The number of hydrogen-bond acceptors (Lipinski definition) is 5. The summed E-state index contributed by atoms with van der Waals surface area (Å²) in [5, 5.41) is 4.07. The van der Waals surface area contributed by atoms with E-state index in [1.807, 2.05) is 37.4 Å². The Bertz CT molecular complexity index is 779. The van der Waals surface area contributed by atoms with Gasteiger partial charge in [0.1, 0.15) is 0 Å². The van der Waals surface area contributed by atoms with E-state index in [-0.39, 0.29) is 0 Å². The van der Waals surface area contributed by atoms with Crippen LogP contribution in [0.4, 0.5) is 5.69 Å². The SMILES string of the molecule is CCc1cnccc1-c1noc(-c2cc(C)ccc2N)n1. The molecule has 1 aromatic carbocycles. The van der Waals surface area contributed by atoms with Gasteiger partial charge in [0.2, 0.25) is 5.82 Å². The van der Waals surface area contributed by atoms with Gasteiger partial charge in [0.05, 0.1) is 5.56 Å². The summed E-state index contributed by atoms with van der Waals surface area (Å²) in [6.07, 6.45) is 4.41. The minimum Gasteiger partial charge on any atom is -0.398 e. The molecule has 0 saturated heterocycles. The lowest BCUT2D eigenvalue weighted by atomic mass is 10.1. The number of nitrogens with zero attached hydrogens (tertiary/aromatic N) is 3. The number of aryl methyl sites for hydroxylation is 2. The summed E-state index contributed by atoms with van der Waals surface area (Å²) in [6.45, 7) is 4.07. The molecule has 0 fully saturated rings. The Morgan fingerprint density at radius 3 is 2.86 bits per heavy atom. The second kappa shape index (κ2) is 5.36. The number of rotatable bonds is 3. The molecule has 5 nitrogen and oxygen atoms in total. The monoisotopic (exact) mass is 280 g/mol. The third kappa shape index (κ3) is 2.50. The number of nitrogens with two attached hydrogens (primary N) is 1. The first-order valence-electron chi connectivity index (χ1n) is 6.82. The fourth-order valence-electron chi connectivity index (χ4n) is 2.22. The van der Waals surface area contributed by atoms with Gasteiger partial charge in [-0.2, -0.15) is 4.98 Å². The number of anilines is 1. The first-order chi connectivity index (χ1) is 10.2. The van der Waals surface area contributed by atoms with E-state index in [2.05, 4.69) is 22.0 Å². The number of pyridine rings is 1. The first kappa shape index (κ1) is 13.3. The first-order valence-corrected chi connectivity index (χ1v) is 6.82. The zero-order valence-corrected chi connectivity index (χ0v) is 12.0. The average Bonchev–Trinajstić information content (AvgIpc) is 2.99. The van der Waals surface area contributed by atoms with Gasteiger partial charge < -0.3 is 10.3 Å². The molecule has 0 unspecified atom stereocenters. The van der Waals surface area contributed by atoms with Crippen molar-refractivity contribution in [2.75, 3.05) is 5.73 Å². The average molecular weight is 280 g/mol. The summed E-state index contributed by atoms with van der Waals surface area (Å²) >= 11 is 0. The minimum absolute atomic E-state index is 0.435. The fourth-order valence-corrected chi connectivity index (χ4v) is 2.22. The summed E-state index contributed by atoms with van der Waals surface area (Å²) < 4.78 is 5.38. The van der Waals surface area contributed by atoms with Crippen molar-refractivity contribution in [2.24, 2.45) is 0 Å². The number of hydrogen-bond donors (Lipinski definition) is 1. The second-order valence-corrected chi connectivity index (χ2v) is 4.90. The lowest BCUT2D eigenvalue weighted by molar-refractivity contribution is 0.432. The highest BCUT2D eigenvalue weighted by atomic mass is 16.5. The van der Waals surface area contributed by atoms with E-state index in [4.69, 9.17) is 10.3 Å². The Morgan fingerprint density at radius 1 is 1.19 bits per heavy atom. The lowest BCUT2D eigenvalue weighted by Crippen LogP contribution is -1.92. The Balaban J connectivity index is 2.06. The van der Waals surface area contributed by atoms with Crippen molar-refractivity contribution in [1.29, 1.82) is 0 Å². The molecular formula is C16H16N4O. The molecule has 2 aromatic heterocycles. The highest BCUT2D eigenvalue weighted by Crippen LogP contribution is 2.28.